The minimum Gasteiger partial charge on any atom is -0.496 e. The summed E-state index contributed by atoms with van der Waals surface area (Å²) in [5.74, 6) is 0.523. The van der Waals surface area contributed by atoms with Crippen LogP contribution in [0.15, 0.2) is 65.1 Å². The van der Waals surface area contributed by atoms with Crippen molar-refractivity contribution in [2.45, 2.75) is 18.9 Å². The molecule has 1 aliphatic heterocycles. The summed E-state index contributed by atoms with van der Waals surface area (Å²) in [6, 6.07) is 16.4. The third kappa shape index (κ3) is 4.03. The predicted molar refractivity (Wildman–Crippen MR) is 122 cm³/mol. The van der Waals surface area contributed by atoms with E-state index in [-0.39, 0.29) is 23.2 Å². The van der Waals surface area contributed by atoms with Gasteiger partial charge in [0, 0.05) is 22.6 Å². The van der Waals surface area contributed by atoms with Crippen molar-refractivity contribution in [3.8, 4) is 28.6 Å². The average Bonchev–Trinajstić information content (AvgIpc) is 3.48. The molecule has 7 heteroatoms. The summed E-state index contributed by atoms with van der Waals surface area (Å²) >= 11 is 0. The highest BCUT2D eigenvalue weighted by atomic mass is 19.1. The molecule has 0 saturated carbocycles. The van der Waals surface area contributed by atoms with Crippen LogP contribution in [0.5, 0.6) is 17.2 Å². The molecule has 0 bridgehead atoms. The van der Waals surface area contributed by atoms with E-state index in [0.29, 0.717) is 33.8 Å². The van der Waals surface area contributed by atoms with E-state index in [0.717, 1.165) is 24.9 Å². The number of halogens is 1. The average molecular weight is 447 g/mol. The summed E-state index contributed by atoms with van der Waals surface area (Å²) in [5, 5.41) is 13.9. The second-order valence-electron chi connectivity index (χ2n) is 7.93. The first kappa shape index (κ1) is 21.0. The Morgan fingerprint density at radius 2 is 1.79 bits per heavy atom. The molecule has 3 aromatic carbocycles. The van der Waals surface area contributed by atoms with E-state index >= 15 is 0 Å². The number of hydrogen-bond acceptors (Lipinski definition) is 5. The molecule has 2 N–H and O–H groups in total. The Morgan fingerprint density at radius 1 is 1.09 bits per heavy atom. The van der Waals surface area contributed by atoms with Gasteiger partial charge in [0.1, 0.15) is 40.0 Å². The normalized spacial score (nSPS) is 15.6. The topological polar surface area (TPSA) is 80.9 Å². The first-order chi connectivity index (χ1) is 16.0. The van der Waals surface area contributed by atoms with Crippen molar-refractivity contribution < 1.29 is 28.2 Å². The molecule has 1 aromatic heterocycles. The minimum atomic E-state index is -1.08. The second kappa shape index (κ2) is 8.60. The van der Waals surface area contributed by atoms with Crippen LogP contribution in [0, 0.1) is 5.82 Å². The molecule has 0 amide bonds. The molecule has 0 aliphatic carbocycles. The number of ether oxygens (including phenoxy) is 2. The molecule has 1 atom stereocenters. The molecule has 1 unspecified atom stereocenters. The van der Waals surface area contributed by atoms with Crippen molar-refractivity contribution >= 4 is 16.9 Å². The number of hydrogen-bond donors (Lipinski definition) is 2. The zero-order valence-electron chi connectivity index (χ0n) is 17.9. The Bertz CT molecular complexity index is 1310. The van der Waals surface area contributed by atoms with E-state index in [1.807, 2.05) is 6.07 Å². The van der Waals surface area contributed by atoms with E-state index in [1.54, 1.807) is 37.4 Å². The molecule has 5 rings (SSSR count). The van der Waals surface area contributed by atoms with Crippen LogP contribution >= 0.6 is 0 Å². The molecule has 1 aliphatic rings. The van der Waals surface area contributed by atoms with Crippen LogP contribution in [-0.4, -0.2) is 24.7 Å². The van der Waals surface area contributed by atoms with Crippen molar-refractivity contribution in [3.63, 3.8) is 0 Å². The third-order valence-corrected chi connectivity index (χ3v) is 5.86. The van der Waals surface area contributed by atoms with Crippen LogP contribution in [0.2, 0.25) is 0 Å². The van der Waals surface area contributed by atoms with Gasteiger partial charge in [-0.1, -0.05) is 0 Å². The zero-order valence-corrected chi connectivity index (χ0v) is 17.9. The summed E-state index contributed by atoms with van der Waals surface area (Å²) < 4.78 is 30.5. The standard InChI is InChI=1S/C26H22FNO5/c1-31-22-14-20-23(13-19(22)21-3-2-12-28-21)33-25(24(20)26(29)30)15-4-8-17(9-5-15)32-18-10-6-16(27)7-11-18/h4-11,13-14,21,28H,2-3,12H2,1H3,(H,29,30). The summed E-state index contributed by atoms with van der Waals surface area (Å²) in [6.45, 7) is 0.933. The number of furan rings is 1. The Kier molecular flexibility index (Phi) is 5.48. The van der Waals surface area contributed by atoms with Crippen LogP contribution in [0.25, 0.3) is 22.3 Å². The van der Waals surface area contributed by atoms with Gasteiger partial charge in [0.05, 0.1) is 7.11 Å². The summed E-state index contributed by atoms with van der Waals surface area (Å²) in [6.07, 6.45) is 2.05. The quantitative estimate of drug-likeness (QED) is 0.368. The van der Waals surface area contributed by atoms with Gasteiger partial charge in [-0.2, -0.15) is 0 Å². The Labute approximate surface area is 189 Å². The lowest BCUT2D eigenvalue weighted by molar-refractivity contribution is 0.0699. The summed E-state index contributed by atoms with van der Waals surface area (Å²) in [4.78, 5) is 12.2. The number of methoxy groups -OCH3 is 1. The fourth-order valence-corrected chi connectivity index (χ4v) is 4.27. The number of nitrogens with one attached hydrogen (secondary N) is 1. The maximum Gasteiger partial charge on any atom is 0.340 e. The van der Waals surface area contributed by atoms with Crippen LogP contribution in [-0.2, 0) is 0 Å². The fourth-order valence-electron chi connectivity index (χ4n) is 4.27. The molecule has 6 nitrogen and oxygen atoms in total. The van der Waals surface area contributed by atoms with Crippen LogP contribution in [0.1, 0.15) is 34.8 Å². The van der Waals surface area contributed by atoms with Crippen LogP contribution in [0.3, 0.4) is 0 Å². The lowest BCUT2D eigenvalue weighted by Crippen LogP contribution is -2.13. The zero-order chi connectivity index (χ0) is 22.9. The highest BCUT2D eigenvalue weighted by Gasteiger charge is 2.26. The largest absolute Gasteiger partial charge is 0.496 e. The van der Waals surface area contributed by atoms with E-state index in [1.165, 1.54) is 24.3 Å². The number of rotatable bonds is 6. The SMILES string of the molecule is COc1cc2c(C(=O)O)c(-c3ccc(Oc4ccc(F)cc4)cc3)oc2cc1C1CCCN1. The highest BCUT2D eigenvalue weighted by molar-refractivity contribution is 6.08. The van der Waals surface area contributed by atoms with Gasteiger partial charge < -0.3 is 24.3 Å². The van der Waals surface area contributed by atoms with Crippen molar-refractivity contribution in [3.05, 3.63) is 77.6 Å². The van der Waals surface area contributed by atoms with Gasteiger partial charge in [0.15, 0.2) is 0 Å². The van der Waals surface area contributed by atoms with Gasteiger partial charge in [-0.05, 0) is 80.1 Å². The molecule has 2 heterocycles. The minimum absolute atomic E-state index is 0.0847. The van der Waals surface area contributed by atoms with Gasteiger partial charge >= 0.3 is 5.97 Å². The lowest BCUT2D eigenvalue weighted by Gasteiger charge is -2.15. The monoisotopic (exact) mass is 447 g/mol. The van der Waals surface area contributed by atoms with E-state index in [9.17, 15) is 14.3 Å². The van der Waals surface area contributed by atoms with Gasteiger partial charge in [-0.25, -0.2) is 9.18 Å². The Balaban J connectivity index is 1.53. The number of carbonyl (C=O) groups is 1. The maximum absolute atomic E-state index is 13.1. The fraction of sp³-hybridized carbons (Fsp3) is 0.192. The molecule has 0 spiro atoms. The Hall–Kier alpha value is -3.84. The summed E-state index contributed by atoms with van der Waals surface area (Å²) in [5.41, 5.74) is 2.15. The van der Waals surface area contributed by atoms with Gasteiger partial charge in [0.2, 0.25) is 0 Å². The Morgan fingerprint density at radius 3 is 2.39 bits per heavy atom. The number of fused-ring (bicyclic) bond motifs is 1. The van der Waals surface area contributed by atoms with E-state index in [2.05, 4.69) is 5.32 Å². The van der Waals surface area contributed by atoms with Crippen LogP contribution in [0.4, 0.5) is 4.39 Å². The number of benzene rings is 3. The van der Waals surface area contributed by atoms with Gasteiger partial charge in [0.25, 0.3) is 0 Å². The molecular weight excluding hydrogens is 425 g/mol. The van der Waals surface area contributed by atoms with Gasteiger partial charge in [-0.15, -0.1) is 0 Å². The predicted octanol–water partition coefficient (Wildman–Crippen LogP) is 6.16. The summed E-state index contributed by atoms with van der Waals surface area (Å²) in [7, 11) is 1.58. The smallest absolute Gasteiger partial charge is 0.340 e. The number of carboxylic acids is 1. The number of carboxylic acid groups (broad SMARTS) is 1. The van der Waals surface area contributed by atoms with Crippen molar-refractivity contribution in [1.29, 1.82) is 0 Å². The maximum atomic E-state index is 13.1. The molecule has 1 saturated heterocycles. The third-order valence-electron chi connectivity index (χ3n) is 5.86. The highest BCUT2D eigenvalue weighted by Crippen LogP contribution is 2.40. The number of aromatic carboxylic acids is 1. The lowest BCUT2D eigenvalue weighted by atomic mass is 10.00. The van der Waals surface area contributed by atoms with Crippen molar-refractivity contribution in [1.82, 2.24) is 5.32 Å². The van der Waals surface area contributed by atoms with E-state index in [4.69, 9.17) is 13.9 Å². The first-order valence-electron chi connectivity index (χ1n) is 10.7. The molecule has 1 fully saturated rings. The molecule has 168 valence electrons. The van der Waals surface area contributed by atoms with E-state index < -0.39 is 5.97 Å². The second-order valence-corrected chi connectivity index (χ2v) is 7.93. The molecule has 4 aromatic rings. The van der Waals surface area contributed by atoms with Crippen molar-refractivity contribution in [2.75, 3.05) is 13.7 Å². The van der Waals surface area contributed by atoms with Gasteiger partial charge in [-0.3, -0.25) is 0 Å². The first-order valence-corrected chi connectivity index (χ1v) is 10.7. The molecular formula is C26H22FNO5. The van der Waals surface area contributed by atoms with Crippen LogP contribution < -0.4 is 14.8 Å². The molecule has 33 heavy (non-hydrogen) atoms. The molecule has 0 radical (unpaired) electrons. The van der Waals surface area contributed by atoms with Crippen molar-refractivity contribution in [2.24, 2.45) is 0 Å².